The summed E-state index contributed by atoms with van der Waals surface area (Å²) in [4.78, 5) is 4.04. The molecule has 0 amide bonds. The first-order valence-electron chi connectivity index (χ1n) is 5.66. The fraction of sp³-hybridized carbons (Fsp3) is 0.583. The summed E-state index contributed by atoms with van der Waals surface area (Å²) in [6.07, 6.45) is 4.53. The summed E-state index contributed by atoms with van der Waals surface area (Å²) < 4.78 is 10.5. The van der Waals surface area contributed by atoms with E-state index in [1.54, 1.807) is 26.6 Å². The quantitative estimate of drug-likeness (QED) is 0.793. The highest BCUT2D eigenvalue weighted by molar-refractivity contribution is 5.42. The standard InChI is InChI=1S/C12H18N2O3/c1-16-10-6-14-7-11(17-2)9(10)5-12(15)3-4-13-8-12/h6-7,13,15H,3-5,8H2,1-2H3. The van der Waals surface area contributed by atoms with Gasteiger partial charge in [-0.05, 0) is 13.0 Å². The number of hydrogen-bond donors (Lipinski definition) is 2. The van der Waals surface area contributed by atoms with Gasteiger partial charge in [0.05, 0.1) is 32.2 Å². The van der Waals surface area contributed by atoms with Gasteiger partial charge in [0.25, 0.3) is 0 Å². The van der Waals surface area contributed by atoms with Crippen LogP contribution in [0.3, 0.4) is 0 Å². The molecule has 1 aromatic rings. The number of nitrogens with one attached hydrogen (secondary N) is 1. The summed E-state index contributed by atoms with van der Waals surface area (Å²) in [5.74, 6) is 1.31. The normalized spacial score (nSPS) is 23.7. The van der Waals surface area contributed by atoms with Crippen molar-refractivity contribution in [1.29, 1.82) is 0 Å². The number of ether oxygens (including phenoxy) is 2. The molecule has 94 valence electrons. The van der Waals surface area contributed by atoms with Crippen molar-refractivity contribution in [3.63, 3.8) is 0 Å². The number of aliphatic hydroxyl groups is 1. The highest BCUT2D eigenvalue weighted by Crippen LogP contribution is 2.32. The Labute approximate surface area is 101 Å². The highest BCUT2D eigenvalue weighted by atomic mass is 16.5. The lowest BCUT2D eigenvalue weighted by Crippen LogP contribution is -2.34. The third-order valence-electron chi connectivity index (χ3n) is 3.15. The minimum Gasteiger partial charge on any atom is -0.495 e. The van der Waals surface area contributed by atoms with Gasteiger partial charge in [-0.15, -0.1) is 0 Å². The van der Waals surface area contributed by atoms with Gasteiger partial charge in [0.1, 0.15) is 11.5 Å². The molecule has 2 heterocycles. The fourth-order valence-corrected chi connectivity index (χ4v) is 2.19. The topological polar surface area (TPSA) is 63.6 Å². The summed E-state index contributed by atoms with van der Waals surface area (Å²) in [5.41, 5.74) is 0.151. The molecule has 0 radical (unpaired) electrons. The maximum absolute atomic E-state index is 10.4. The predicted octanol–water partition coefficient (Wildman–Crippen LogP) is 0.366. The lowest BCUT2D eigenvalue weighted by molar-refractivity contribution is 0.0605. The molecule has 2 N–H and O–H groups in total. The van der Waals surface area contributed by atoms with Crippen molar-refractivity contribution < 1.29 is 14.6 Å². The van der Waals surface area contributed by atoms with Crippen molar-refractivity contribution in [1.82, 2.24) is 10.3 Å². The average molecular weight is 238 g/mol. The fourth-order valence-electron chi connectivity index (χ4n) is 2.19. The van der Waals surface area contributed by atoms with Crippen LogP contribution in [0.25, 0.3) is 0 Å². The monoisotopic (exact) mass is 238 g/mol. The van der Waals surface area contributed by atoms with Crippen LogP contribution in [0.2, 0.25) is 0 Å². The molecule has 1 aliphatic rings. The SMILES string of the molecule is COc1cncc(OC)c1CC1(O)CCNC1. The number of methoxy groups -OCH3 is 2. The van der Waals surface area contributed by atoms with E-state index in [0.717, 1.165) is 18.5 Å². The van der Waals surface area contributed by atoms with E-state index in [9.17, 15) is 5.11 Å². The third kappa shape index (κ3) is 2.50. The van der Waals surface area contributed by atoms with E-state index in [0.29, 0.717) is 24.5 Å². The summed E-state index contributed by atoms with van der Waals surface area (Å²) in [7, 11) is 3.19. The molecule has 1 atom stereocenters. The largest absolute Gasteiger partial charge is 0.495 e. The van der Waals surface area contributed by atoms with Gasteiger partial charge in [0.15, 0.2) is 0 Å². The molecule has 5 heteroatoms. The van der Waals surface area contributed by atoms with Crippen LogP contribution in [0.4, 0.5) is 0 Å². The van der Waals surface area contributed by atoms with Crippen LogP contribution >= 0.6 is 0 Å². The molecule has 0 saturated carbocycles. The molecule has 17 heavy (non-hydrogen) atoms. The number of hydrogen-bond acceptors (Lipinski definition) is 5. The number of β-amino-alcohol motifs (C(OH)–C–C–N with tert-alkyl or cyclic N) is 1. The predicted molar refractivity (Wildman–Crippen MR) is 63.5 cm³/mol. The van der Waals surface area contributed by atoms with Gasteiger partial charge < -0.3 is 19.9 Å². The summed E-state index contributed by atoms with van der Waals surface area (Å²) in [5, 5.41) is 13.6. The Balaban J connectivity index is 2.29. The number of rotatable bonds is 4. The lowest BCUT2D eigenvalue weighted by atomic mass is 9.93. The maximum atomic E-state index is 10.4. The average Bonchev–Trinajstić information content (AvgIpc) is 2.76. The zero-order valence-electron chi connectivity index (χ0n) is 10.2. The van der Waals surface area contributed by atoms with Crippen LogP contribution in [0.15, 0.2) is 12.4 Å². The van der Waals surface area contributed by atoms with Crippen molar-refractivity contribution in [2.24, 2.45) is 0 Å². The first kappa shape index (κ1) is 12.1. The molecule has 1 unspecified atom stereocenters. The van der Waals surface area contributed by atoms with Gasteiger partial charge in [-0.25, -0.2) is 0 Å². The molecule has 1 aromatic heterocycles. The van der Waals surface area contributed by atoms with E-state index in [1.807, 2.05) is 0 Å². The second-order valence-electron chi connectivity index (χ2n) is 4.35. The molecular weight excluding hydrogens is 220 g/mol. The molecule has 1 saturated heterocycles. The molecule has 1 fully saturated rings. The first-order valence-corrected chi connectivity index (χ1v) is 5.66. The molecular formula is C12H18N2O3. The second kappa shape index (κ2) is 4.89. The Morgan fingerprint density at radius 2 is 2.00 bits per heavy atom. The zero-order valence-corrected chi connectivity index (χ0v) is 10.2. The Bertz CT molecular complexity index is 367. The van der Waals surface area contributed by atoms with E-state index >= 15 is 0 Å². The van der Waals surface area contributed by atoms with Crippen molar-refractivity contribution in [2.45, 2.75) is 18.4 Å². The Kier molecular flexibility index (Phi) is 3.49. The molecule has 0 aromatic carbocycles. The molecule has 0 bridgehead atoms. The number of pyridine rings is 1. The van der Waals surface area contributed by atoms with Crippen LogP contribution in [0.1, 0.15) is 12.0 Å². The van der Waals surface area contributed by atoms with Crippen molar-refractivity contribution in [2.75, 3.05) is 27.3 Å². The molecule has 1 aliphatic heterocycles. The molecule has 0 spiro atoms. The van der Waals surface area contributed by atoms with E-state index in [-0.39, 0.29) is 0 Å². The van der Waals surface area contributed by atoms with Crippen LogP contribution in [0.5, 0.6) is 11.5 Å². The third-order valence-corrected chi connectivity index (χ3v) is 3.15. The van der Waals surface area contributed by atoms with Gasteiger partial charge >= 0.3 is 0 Å². The second-order valence-corrected chi connectivity index (χ2v) is 4.35. The first-order chi connectivity index (χ1) is 8.18. The minimum absolute atomic E-state index is 0.509. The van der Waals surface area contributed by atoms with Crippen LogP contribution < -0.4 is 14.8 Å². The van der Waals surface area contributed by atoms with Crippen molar-refractivity contribution in [3.05, 3.63) is 18.0 Å². The van der Waals surface area contributed by atoms with Gasteiger partial charge in [-0.1, -0.05) is 0 Å². The molecule has 5 nitrogen and oxygen atoms in total. The maximum Gasteiger partial charge on any atom is 0.144 e. The van der Waals surface area contributed by atoms with E-state index in [4.69, 9.17) is 9.47 Å². The molecule has 0 aliphatic carbocycles. The lowest BCUT2D eigenvalue weighted by Gasteiger charge is -2.23. The Morgan fingerprint density at radius 3 is 2.47 bits per heavy atom. The molecule has 2 rings (SSSR count). The van der Waals surface area contributed by atoms with E-state index < -0.39 is 5.60 Å². The van der Waals surface area contributed by atoms with Crippen LogP contribution in [-0.4, -0.2) is 43.0 Å². The van der Waals surface area contributed by atoms with Gasteiger partial charge in [-0.3, -0.25) is 4.98 Å². The number of aromatic nitrogens is 1. The Morgan fingerprint density at radius 1 is 1.35 bits per heavy atom. The smallest absolute Gasteiger partial charge is 0.144 e. The van der Waals surface area contributed by atoms with E-state index in [1.165, 1.54) is 0 Å². The van der Waals surface area contributed by atoms with Crippen LogP contribution in [-0.2, 0) is 6.42 Å². The highest BCUT2D eigenvalue weighted by Gasteiger charge is 2.33. The van der Waals surface area contributed by atoms with Crippen LogP contribution in [0, 0.1) is 0 Å². The van der Waals surface area contributed by atoms with E-state index in [2.05, 4.69) is 10.3 Å². The summed E-state index contributed by atoms with van der Waals surface area (Å²) >= 11 is 0. The van der Waals surface area contributed by atoms with Gasteiger partial charge in [0.2, 0.25) is 0 Å². The van der Waals surface area contributed by atoms with Gasteiger partial charge in [0, 0.05) is 18.5 Å². The van der Waals surface area contributed by atoms with Crippen molar-refractivity contribution >= 4 is 0 Å². The summed E-state index contributed by atoms with van der Waals surface area (Å²) in [6, 6.07) is 0. The number of nitrogens with zero attached hydrogens (tertiary/aromatic N) is 1. The van der Waals surface area contributed by atoms with Crippen molar-refractivity contribution in [3.8, 4) is 11.5 Å². The van der Waals surface area contributed by atoms with Gasteiger partial charge in [-0.2, -0.15) is 0 Å². The zero-order chi connectivity index (χ0) is 12.3. The summed E-state index contributed by atoms with van der Waals surface area (Å²) in [6.45, 7) is 1.44. The minimum atomic E-state index is -0.720. The Hall–Kier alpha value is -1.33.